The normalized spacial score (nSPS) is 18.8. The Morgan fingerprint density at radius 3 is 1.83 bits per heavy atom. The molecule has 0 spiro atoms. The SMILES string of the molecule is COC(=O)N[C@H](C(=O)N[C@@H](Cc1ccc(C#Cc2cnc(N3CC4CCC(C3)N4C3COC3)nc2)cc1)[C@H](CN(Cc1c(F)cc(-c2ccn(C(F)F)n2)cc1F)NC(=O)[C@@H](NC(=O)OC)C(C)(C)C(F)(F)F)OC(=O)CC(C)(C)c1c(CC(=O)N2C[C@H](OC)C[C@H]2C(=O)OC)cc(C)cc1OP(=O)(O)O)C(C)(C)C(F)(F)F. The van der Waals surface area contributed by atoms with Gasteiger partial charge in [-0.3, -0.25) is 39.3 Å². The van der Waals surface area contributed by atoms with Crippen LogP contribution in [0.1, 0.15) is 113 Å². The number of piperazine rings is 1. The number of rotatable bonds is 29. The smallest absolute Gasteiger partial charge is 0.467 e. The Balaban J connectivity index is 1.17. The molecule has 4 aliphatic heterocycles. The summed E-state index contributed by atoms with van der Waals surface area (Å²) in [6.07, 6.45) is -13.6. The van der Waals surface area contributed by atoms with E-state index in [1.807, 2.05) is 5.32 Å². The minimum Gasteiger partial charge on any atom is -0.467 e. The minimum absolute atomic E-state index is 0.0143. The highest BCUT2D eigenvalue weighted by molar-refractivity contribution is 7.46. The van der Waals surface area contributed by atoms with E-state index in [1.54, 1.807) is 5.32 Å². The van der Waals surface area contributed by atoms with Gasteiger partial charge in [0.25, 0.3) is 5.91 Å². The monoisotopic (exact) mass is 1620 g/mol. The number of aryl methyl sites for hydroxylation is 1. The van der Waals surface area contributed by atoms with Crippen molar-refractivity contribution in [3.63, 3.8) is 0 Å². The third-order valence-electron chi connectivity index (χ3n) is 20.4. The van der Waals surface area contributed by atoms with E-state index in [0.29, 0.717) is 106 Å². The van der Waals surface area contributed by atoms with Crippen molar-refractivity contribution in [3.05, 3.63) is 124 Å². The van der Waals surface area contributed by atoms with E-state index in [4.69, 9.17) is 23.5 Å². The number of alkyl halides is 8. The number of carbonyl (C=O) groups is 7. The molecule has 4 aliphatic rings. The maximum atomic E-state index is 16.9. The van der Waals surface area contributed by atoms with Gasteiger partial charge in [-0.2, -0.15) is 40.2 Å². The number of aromatic nitrogens is 4. The number of benzene rings is 3. The number of anilines is 1. The molecule has 6 N–H and O–H groups in total. The molecule has 616 valence electrons. The zero-order valence-corrected chi connectivity index (χ0v) is 64.1. The quantitative estimate of drug-likeness (QED) is 0.00658. The van der Waals surface area contributed by atoms with Crippen LogP contribution < -0.4 is 30.8 Å². The molecule has 8 atom stereocenters. The van der Waals surface area contributed by atoms with Crippen molar-refractivity contribution in [2.75, 3.05) is 72.7 Å². The first-order chi connectivity index (χ1) is 52.8. The molecule has 4 fully saturated rings. The van der Waals surface area contributed by atoms with Crippen molar-refractivity contribution in [2.24, 2.45) is 10.8 Å². The summed E-state index contributed by atoms with van der Waals surface area (Å²) in [5, 5.41) is 10.1. The summed E-state index contributed by atoms with van der Waals surface area (Å²) in [5.41, 5.74) is -7.75. The standard InChI is InChI=1S/C73H87F10N12O17P/c1-39-22-44(27-57(96)93-34-48(106-8)28-54(93)64(100)107-9)59(55(23-39)112-113(103,104)105)69(2,3)29-58(97)111-56(36-92(90-63(99)61(88-68(102)109-11)71(6,7)73(81,82)83)35-49-50(74)25-43(26-51(49)75)52-20-21-94(89-52)65(76)77)53(86-62(98)60(87-67(101)108-10)70(4,5)72(78,79)80)24-41-15-12-40(13-16-41)14-17-42-30-84-66(85-31-42)91-32-45-18-19-46(33-91)95(45)47-37-110-38-47/h12-13,15-16,20-23,25-26,30-31,45-48,53-54,56,60-61,65H,18-19,24,27-29,32-38H2,1-11H3,(H,86,98)(H,87,101)(H,88,102)(H,90,99)(H2,103,104,105)/t45?,46?,48-,53+,54+,56+,60-,61-/m1/s1. The number of hydrazine groups is 1. The zero-order valence-electron chi connectivity index (χ0n) is 63.2. The molecule has 40 heteroatoms. The lowest BCUT2D eigenvalue weighted by Gasteiger charge is -2.47. The predicted molar refractivity (Wildman–Crippen MR) is 379 cm³/mol. The topological polar surface area (TPSA) is 346 Å². The van der Waals surface area contributed by atoms with Crippen LogP contribution in [-0.2, 0) is 81.8 Å². The lowest BCUT2D eigenvalue weighted by Crippen LogP contribution is -2.64. The summed E-state index contributed by atoms with van der Waals surface area (Å²) in [4.78, 5) is 135. The lowest BCUT2D eigenvalue weighted by atomic mass is 9.77. The summed E-state index contributed by atoms with van der Waals surface area (Å²) >= 11 is 0. The molecule has 0 radical (unpaired) electrons. The van der Waals surface area contributed by atoms with E-state index >= 15 is 44.7 Å². The number of phosphoric ester groups is 1. The molecule has 2 aromatic heterocycles. The van der Waals surface area contributed by atoms with E-state index in [1.165, 1.54) is 70.6 Å². The van der Waals surface area contributed by atoms with Crippen LogP contribution in [-0.4, -0.2) is 221 Å². The molecular weight excluding hydrogens is 1540 g/mol. The van der Waals surface area contributed by atoms with Crippen molar-refractivity contribution in [1.82, 2.24) is 55.9 Å². The van der Waals surface area contributed by atoms with Gasteiger partial charge in [0.15, 0.2) is 0 Å². The van der Waals surface area contributed by atoms with Crippen molar-refractivity contribution < 1.29 is 125 Å². The Morgan fingerprint density at radius 2 is 1.32 bits per heavy atom. The highest BCUT2D eigenvalue weighted by Gasteiger charge is 2.58. The van der Waals surface area contributed by atoms with Crippen molar-refractivity contribution in [3.8, 4) is 28.8 Å². The number of esters is 2. The molecule has 0 saturated carbocycles. The number of hydrogen-bond acceptors (Lipinski definition) is 21. The first-order valence-corrected chi connectivity index (χ1v) is 36.9. The second kappa shape index (κ2) is 35.4. The van der Waals surface area contributed by atoms with Gasteiger partial charge in [-0.1, -0.05) is 43.9 Å². The number of amides is 5. The number of methoxy groups -OCH3 is 4. The first-order valence-electron chi connectivity index (χ1n) is 35.4. The van der Waals surface area contributed by atoms with Crippen molar-refractivity contribution >= 4 is 55.6 Å². The highest BCUT2D eigenvalue weighted by atomic mass is 31.2. The Hall–Kier alpha value is -9.71. The molecule has 2 unspecified atom stereocenters. The Labute approximate surface area is 642 Å². The van der Waals surface area contributed by atoms with Crippen molar-refractivity contribution in [2.45, 2.75) is 172 Å². The highest BCUT2D eigenvalue weighted by Crippen LogP contribution is 2.47. The Bertz CT molecular complexity index is 4380. The molecule has 3 aromatic carbocycles. The second-order valence-electron chi connectivity index (χ2n) is 29.6. The van der Waals surface area contributed by atoms with E-state index < -0.39 is 188 Å². The van der Waals surface area contributed by atoms with Crippen LogP contribution in [0.3, 0.4) is 0 Å². The fourth-order valence-electron chi connectivity index (χ4n) is 14.1. The average Bonchev–Trinajstić information content (AvgIpc) is 1.65. The van der Waals surface area contributed by atoms with E-state index in [2.05, 4.69) is 56.9 Å². The van der Waals surface area contributed by atoms with E-state index in [9.17, 15) is 47.1 Å². The van der Waals surface area contributed by atoms with Crippen LogP contribution >= 0.6 is 7.82 Å². The summed E-state index contributed by atoms with van der Waals surface area (Å²) in [5.74, 6) is -3.94. The molecule has 0 aliphatic carbocycles. The van der Waals surface area contributed by atoms with Gasteiger partial charge in [-0.25, -0.2) is 47.4 Å². The van der Waals surface area contributed by atoms with Crippen LogP contribution in [0.2, 0.25) is 0 Å². The predicted octanol–water partition coefficient (Wildman–Crippen LogP) is 8.04. The number of halogens is 10. The summed E-state index contributed by atoms with van der Waals surface area (Å²) < 4.78 is 202. The zero-order chi connectivity index (χ0) is 83.2. The molecule has 113 heavy (non-hydrogen) atoms. The average molecular weight is 1630 g/mol. The second-order valence-corrected chi connectivity index (χ2v) is 30.8. The van der Waals surface area contributed by atoms with Gasteiger partial charge >= 0.3 is 50.8 Å². The number of hydrogen-bond donors (Lipinski definition) is 6. The van der Waals surface area contributed by atoms with Gasteiger partial charge < -0.3 is 58.7 Å². The van der Waals surface area contributed by atoms with Crippen LogP contribution in [0.15, 0.2) is 73.2 Å². The maximum absolute atomic E-state index is 16.9. The number of ether oxygens (including phenoxy) is 6. The van der Waals surface area contributed by atoms with Gasteiger partial charge in [0, 0.05) is 98.1 Å². The number of carbonyl (C=O) groups excluding carboxylic acids is 7. The summed E-state index contributed by atoms with van der Waals surface area (Å²) in [6.45, 7) is 2.70. The van der Waals surface area contributed by atoms with Crippen LogP contribution in [0.25, 0.3) is 11.3 Å². The van der Waals surface area contributed by atoms with Crippen LogP contribution in [0.5, 0.6) is 5.75 Å². The van der Waals surface area contributed by atoms with Gasteiger partial charge in [-0.05, 0) is 107 Å². The number of alkyl carbamates (subject to hydrolysis) is 2. The molecular formula is C73H87F10N12O17P. The van der Waals surface area contributed by atoms with Gasteiger partial charge in [0.2, 0.25) is 17.8 Å². The number of phosphoric acid groups is 1. The largest absolute Gasteiger partial charge is 0.524 e. The maximum Gasteiger partial charge on any atom is 0.524 e. The molecule has 29 nitrogen and oxygen atoms in total. The number of fused-ring (bicyclic) bond motifs is 2. The molecule has 6 heterocycles. The molecule has 5 amide bonds. The van der Waals surface area contributed by atoms with Crippen LogP contribution in [0, 0.1) is 41.2 Å². The summed E-state index contributed by atoms with van der Waals surface area (Å²) in [7, 11) is -1.69. The fourth-order valence-corrected chi connectivity index (χ4v) is 14.5. The minimum atomic E-state index is -5.60. The van der Waals surface area contributed by atoms with Gasteiger partial charge in [-0.15, -0.1) is 0 Å². The number of nitrogens with one attached hydrogen (secondary N) is 4. The lowest BCUT2D eigenvalue weighted by molar-refractivity contribution is -0.221. The fraction of sp³-hybridized carbons (Fsp3) is 0.534. The summed E-state index contributed by atoms with van der Waals surface area (Å²) in [6, 6.07) is 2.59. The third kappa shape index (κ3) is 21.0. The number of nitrogens with zero attached hydrogens (tertiary/aromatic N) is 8. The van der Waals surface area contributed by atoms with E-state index in [0.717, 1.165) is 57.4 Å². The van der Waals surface area contributed by atoms with Crippen molar-refractivity contribution in [1.29, 1.82) is 0 Å². The Morgan fingerprint density at radius 1 is 0.743 bits per heavy atom. The van der Waals surface area contributed by atoms with Gasteiger partial charge in [0.1, 0.15) is 41.6 Å². The van der Waals surface area contributed by atoms with Gasteiger partial charge in [0.05, 0.1) is 94.2 Å². The number of likely N-dealkylation sites (tertiary alicyclic amines) is 1. The molecule has 4 saturated heterocycles. The Kier molecular flexibility index (Phi) is 27.3. The molecule has 5 aromatic rings. The molecule has 2 bridgehead atoms. The van der Waals surface area contributed by atoms with E-state index in [-0.39, 0.29) is 39.9 Å². The van der Waals surface area contributed by atoms with Crippen LogP contribution in [0.4, 0.5) is 59.4 Å². The first kappa shape index (κ1) is 87.3. The third-order valence-corrected chi connectivity index (χ3v) is 20.9. The molecule has 9 rings (SSSR count).